The van der Waals surface area contributed by atoms with Crippen molar-refractivity contribution in [2.45, 2.75) is 53.8 Å². The molecule has 3 nitrogen and oxygen atoms in total. The van der Waals surface area contributed by atoms with Crippen LogP contribution in [0.5, 0.6) is 0 Å². The van der Waals surface area contributed by atoms with E-state index in [2.05, 4.69) is 38.1 Å². The molecule has 21 heavy (non-hydrogen) atoms. The fraction of sp³-hybridized carbons (Fsp3) is 0.471. The molecule has 2 rings (SSSR count). The normalized spacial score (nSPS) is 11.4. The fourth-order valence-corrected chi connectivity index (χ4v) is 2.60. The van der Waals surface area contributed by atoms with E-state index >= 15 is 0 Å². The van der Waals surface area contributed by atoms with Crippen molar-refractivity contribution in [3.63, 3.8) is 0 Å². The Labute approximate surface area is 126 Å². The maximum Gasteiger partial charge on any atom is 0.127 e. The summed E-state index contributed by atoms with van der Waals surface area (Å²) < 4.78 is 15.9. The molecule has 1 aromatic heterocycles. The van der Waals surface area contributed by atoms with Crippen molar-refractivity contribution in [3.8, 4) is 11.1 Å². The summed E-state index contributed by atoms with van der Waals surface area (Å²) >= 11 is 0. The van der Waals surface area contributed by atoms with E-state index in [0.29, 0.717) is 18.2 Å². The molecule has 0 unspecified atom stereocenters. The van der Waals surface area contributed by atoms with Gasteiger partial charge in [-0.2, -0.15) is 5.10 Å². The average molecular weight is 289 g/mol. The van der Waals surface area contributed by atoms with Crippen molar-refractivity contribution in [2.24, 2.45) is 0 Å². The van der Waals surface area contributed by atoms with Gasteiger partial charge in [0.1, 0.15) is 5.82 Å². The van der Waals surface area contributed by atoms with Crippen LogP contribution >= 0.6 is 0 Å². The van der Waals surface area contributed by atoms with Gasteiger partial charge in [-0.3, -0.25) is 4.68 Å². The Morgan fingerprint density at radius 2 is 2.00 bits per heavy atom. The van der Waals surface area contributed by atoms with Gasteiger partial charge in [0.25, 0.3) is 0 Å². The van der Waals surface area contributed by atoms with Gasteiger partial charge in [-0.1, -0.05) is 19.9 Å². The molecule has 1 aromatic carbocycles. The van der Waals surface area contributed by atoms with Crippen LogP contribution in [0, 0.1) is 19.7 Å². The molecule has 1 N–H and O–H groups in total. The highest BCUT2D eigenvalue weighted by atomic mass is 19.1. The lowest BCUT2D eigenvalue weighted by molar-refractivity contribution is 0.553. The summed E-state index contributed by atoms with van der Waals surface area (Å²) in [5, 5.41) is 7.80. The second-order valence-corrected chi connectivity index (χ2v) is 5.70. The molecule has 0 spiro atoms. The van der Waals surface area contributed by atoms with Crippen LogP contribution in [0.15, 0.2) is 18.2 Å². The summed E-state index contributed by atoms with van der Waals surface area (Å²) in [5.74, 6) is -0.162. The van der Waals surface area contributed by atoms with Gasteiger partial charge in [0.2, 0.25) is 0 Å². The predicted octanol–water partition coefficient (Wildman–Crippen LogP) is 3.82. The number of halogens is 1. The van der Waals surface area contributed by atoms with Crippen LogP contribution in [0.3, 0.4) is 0 Å². The molecule has 0 bridgehead atoms. The fourth-order valence-electron chi connectivity index (χ4n) is 2.60. The highest BCUT2D eigenvalue weighted by Gasteiger charge is 2.14. The summed E-state index contributed by atoms with van der Waals surface area (Å²) in [5.41, 5.74) is 4.96. The second kappa shape index (κ2) is 6.39. The number of hydrogen-bond acceptors (Lipinski definition) is 2. The van der Waals surface area contributed by atoms with Gasteiger partial charge in [0.15, 0.2) is 0 Å². The molecule has 114 valence electrons. The number of hydrogen-bond donors (Lipinski definition) is 1. The number of aryl methyl sites for hydroxylation is 2. The quantitative estimate of drug-likeness (QED) is 0.906. The topological polar surface area (TPSA) is 29.9 Å². The maximum absolute atomic E-state index is 13.9. The molecule has 0 atom stereocenters. The van der Waals surface area contributed by atoms with Crippen LogP contribution in [-0.2, 0) is 13.1 Å². The average Bonchev–Trinajstić information content (AvgIpc) is 2.72. The number of nitrogens with zero attached hydrogens (tertiary/aromatic N) is 2. The maximum atomic E-state index is 13.9. The summed E-state index contributed by atoms with van der Waals surface area (Å²) in [6.07, 6.45) is 0. The summed E-state index contributed by atoms with van der Waals surface area (Å²) in [4.78, 5) is 0. The molecule has 0 aliphatic heterocycles. The molecule has 0 saturated heterocycles. The van der Waals surface area contributed by atoms with Gasteiger partial charge >= 0.3 is 0 Å². The molecule has 0 aliphatic carbocycles. The Hall–Kier alpha value is -1.68. The van der Waals surface area contributed by atoms with Crippen LogP contribution < -0.4 is 5.32 Å². The van der Waals surface area contributed by atoms with Gasteiger partial charge in [0, 0.05) is 36.0 Å². The lowest BCUT2D eigenvalue weighted by Crippen LogP contribution is -2.22. The van der Waals surface area contributed by atoms with Gasteiger partial charge < -0.3 is 5.32 Å². The van der Waals surface area contributed by atoms with Crippen molar-refractivity contribution < 1.29 is 4.39 Å². The van der Waals surface area contributed by atoms with Crippen molar-refractivity contribution >= 4 is 0 Å². The molecule has 0 aliphatic rings. The summed E-state index contributed by atoms with van der Waals surface area (Å²) in [6.45, 7) is 11.6. The molecule has 0 amide bonds. The molecule has 0 radical (unpaired) electrons. The van der Waals surface area contributed by atoms with Crippen molar-refractivity contribution in [2.75, 3.05) is 0 Å². The minimum atomic E-state index is -0.162. The van der Waals surface area contributed by atoms with E-state index in [9.17, 15) is 4.39 Å². The Kier molecular flexibility index (Phi) is 4.78. The summed E-state index contributed by atoms with van der Waals surface area (Å²) in [6, 6.07) is 5.65. The highest BCUT2D eigenvalue weighted by molar-refractivity contribution is 5.69. The van der Waals surface area contributed by atoms with E-state index in [1.165, 1.54) is 0 Å². The number of nitrogens with one attached hydrogen (secondary N) is 1. The number of benzene rings is 1. The molecule has 4 heteroatoms. The SMILES string of the molecule is CCn1nc(C)c(-c2ccc(F)c(CNC(C)C)c2)c1C. The van der Waals surface area contributed by atoms with Crippen molar-refractivity contribution in [3.05, 3.63) is 41.0 Å². The van der Waals surface area contributed by atoms with E-state index in [-0.39, 0.29) is 5.82 Å². The minimum Gasteiger partial charge on any atom is -0.310 e. The van der Waals surface area contributed by atoms with Crippen LogP contribution in [0.2, 0.25) is 0 Å². The molecule has 1 heterocycles. The zero-order valence-corrected chi connectivity index (χ0v) is 13.5. The Bertz CT molecular complexity index is 629. The molecule has 2 aromatic rings. The molecule has 0 saturated carbocycles. The molecule has 0 fully saturated rings. The first-order valence-electron chi connectivity index (χ1n) is 7.50. The molecular weight excluding hydrogens is 265 g/mol. The largest absolute Gasteiger partial charge is 0.310 e. The van der Waals surface area contributed by atoms with Gasteiger partial charge in [-0.25, -0.2) is 4.39 Å². The third kappa shape index (κ3) is 3.32. The van der Waals surface area contributed by atoms with Crippen LogP contribution in [0.25, 0.3) is 11.1 Å². The van der Waals surface area contributed by atoms with Crippen LogP contribution in [0.4, 0.5) is 4.39 Å². The van der Waals surface area contributed by atoms with Crippen LogP contribution in [0.1, 0.15) is 37.7 Å². The van der Waals surface area contributed by atoms with E-state index in [4.69, 9.17) is 0 Å². The van der Waals surface area contributed by atoms with E-state index < -0.39 is 0 Å². The third-order valence-corrected chi connectivity index (χ3v) is 3.72. The minimum absolute atomic E-state index is 0.162. The van der Waals surface area contributed by atoms with Gasteiger partial charge in [0.05, 0.1) is 5.69 Å². The van der Waals surface area contributed by atoms with E-state index in [1.807, 2.05) is 23.7 Å². The van der Waals surface area contributed by atoms with E-state index in [1.54, 1.807) is 6.07 Å². The van der Waals surface area contributed by atoms with Crippen LogP contribution in [-0.4, -0.2) is 15.8 Å². The molecular formula is C17H24FN3. The monoisotopic (exact) mass is 289 g/mol. The Morgan fingerprint density at radius 1 is 1.29 bits per heavy atom. The zero-order chi connectivity index (χ0) is 15.6. The Balaban J connectivity index is 2.41. The smallest absolute Gasteiger partial charge is 0.127 e. The number of rotatable bonds is 5. The van der Waals surface area contributed by atoms with E-state index in [0.717, 1.165) is 29.1 Å². The van der Waals surface area contributed by atoms with Gasteiger partial charge in [-0.05, 0) is 38.5 Å². The predicted molar refractivity (Wildman–Crippen MR) is 84.7 cm³/mol. The highest BCUT2D eigenvalue weighted by Crippen LogP contribution is 2.28. The van der Waals surface area contributed by atoms with Crippen molar-refractivity contribution in [1.29, 1.82) is 0 Å². The lowest BCUT2D eigenvalue weighted by atomic mass is 10.0. The first-order valence-corrected chi connectivity index (χ1v) is 7.50. The zero-order valence-electron chi connectivity index (χ0n) is 13.5. The standard InChI is InChI=1S/C17H24FN3/c1-6-21-13(5)17(12(4)20-21)14-7-8-16(18)15(9-14)10-19-11(2)3/h7-9,11,19H,6,10H2,1-5H3. The third-order valence-electron chi connectivity index (χ3n) is 3.72. The van der Waals surface area contributed by atoms with Gasteiger partial charge in [-0.15, -0.1) is 0 Å². The Morgan fingerprint density at radius 3 is 2.57 bits per heavy atom. The number of aromatic nitrogens is 2. The summed E-state index contributed by atoms with van der Waals surface area (Å²) in [7, 11) is 0. The van der Waals surface area contributed by atoms with Crippen molar-refractivity contribution in [1.82, 2.24) is 15.1 Å². The lowest BCUT2D eigenvalue weighted by Gasteiger charge is -2.11. The first-order chi connectivity index (χ1) is 9.93. The second-order valence-electron chi connectivity index (χ2n) is 5.70. The first kappa shape index (κ1) is 15.7.